The fourth-order valence-corrected chi connectivity index (χ4v) is 5.06. The number of rotatable bonds is 5. The van der Waals surface area contributed by atoms with Crippen LogP contribution in [0.3, 0.4) is 0 Å². The summed E-state index contributed by atoms with van der Waals surface area (Å²) in [5, 5.41) is 4.28. The zero-order chi connectivity index (χ0) is 17.9. The molecular formula is C21H27N2O2S+. The molecule has 26 heavy (non-hydrogen) atoms. The normalized spacial score (nSPS) is 22.4. The van der Waals surface area contributed by atoms with Crippen LogP contribution in [0.5, 0.6) is 0 Å². The van der Waals surface area contributed by atoms with Crippen LogP contribution < -0.4 is 5.32 Å². The first kappa shape index (κ1) is 17.7. The van der Waals surface area contributed by atoms with E-state index in [1.165, 1.54) is 21.6 Å². The number of carbonyl (C=O) groups is 1. The van der Waals surface area contributed by atoms with Gasteiger partial charge in [0, 0.05) is 18.0 Å². The van der Waals surface area contributed by atoms with Crippen molar-refractivity contribution >= 4 is 17.2 Å². The van der Waals surface area contributed by atoms with Crippen LogP contribution in [-0.2, 0) is 16.0 Å². The molecule has 1 aromatic carbocycles. The highest BCUT2D eigenvalue weighted by atomic mass is 32.1. The molecule has 2 aliphatic heterocycles. The van der Waals surface area contributed by atoms with Gasteiger partial charge in [-0.05, 0) is 54.3 Å². The quantitative estimate of drug-likeness (QED) is 0.876. The van der Waals surface area contributed by atoms with Crippen LogP contribution in [0, 0.1) is 6.92 Å². The Kier molecular flexibility index (Phi) is 5.38. The molecule has 1 aromatic heterocycles. The molecule has 138 valence electrons. The number of fused-ring (bicyclic) bond motifs is 1. The number of thiophene rings is 1. The van der Waals surface area contributed by atoms with E-state index in [1.807, 2.05) is 11.3 Å². The van der Waals surface area contributed by atoms with Crippen molar-refractivity contribution in [3.05, 3.63) is 57.3 Å². The van der Waals surface area contributed by atoms with Crippen molar-refractivity contribution in [1.29, 1.82) is 0 Å². The summed E-state index contributed by atoms with van der Waals surface area (Å²) in [6.45, 7) is 5.20. The molecule has 0 spiro atoms. The predicted octanol–water partition coefficient (Wildman–Crippen LogP) is 2.27. The summed E-state index contributed by atoms with van der Waals surface area (Å²) in [5.74, 6) is 0.230. The molecule has 0 unspecified atom stereocenters. The first-order chi connectivity index (χ1) is 12.7. The minimum Gasteiger partial charge on any atom is -0.372 e. The summed E-state index contributed by atoms with van der Waals surface area (Å²) >= 11 is 1.82. The standard InChI is InChI=1S/C21H26N2O2S/c1-15-5-2-3-7-17(15)21-18-9-12-26-19(18)8-10-23(21)20(24)14-22-13-16-6-4-11-25-16/h2-3,5,7,9,12,16,21-22H,4,6,8,10-11,13-14H2,1H3/p+1/t16-,21-/m0/s1. The summed E-state index contributed by atoms with van der Waals surface area (Å²) < 4.78 is 5.67. The van der Waals surface area contributed by atoms with Crippen molar-refractivity contribution in [2.45, 2.75) is 38.3 Å². The number of quaternary nitrogens is 1. The smallest absolute Gasteiger partial charge is 0.278 e. The summed E-state index contributed by atoms with van der Waals surface area (Å²) in [6, 6.07) is 10.7. The maximum absolute atomic E-state index is 13.1. The lowest BCUT2D eigenvalue weighted by Gasteiger charge is -2.36. The summed E-state index contributed by atoms with van der Waals surface area (Å²) in [7, 11) is 0. The third-order valence-corrected chi connectivity index (χ3v) is 6.54. The highest BCUT2D eigenvalue weighted by Crippen LogP contribution is 2.38. The van der Waals surface area contributed by atoms with Crippen LogP contribution >= 0.6 is 11.3 Å². The Morgan fingerprint density at radius 2 is 2.19 bits per heavy atom. The number of amides is 1. The van der Waals surface area contributed by atoms with Gasteiger partial charge >= 0.3 is 0 Å². The molecule has 2 N–H and O–H groups in total. The third kappa shape index (κ3) is 3.56. The molecule has 2 aliphatic rings. The molecule has 1 fully saturated rings. The third-order valence-electron chi connectivity index (χ3n) is 5.54. The lowest BCUT2D eigenvalue weighted by atomic mass is 9.90. The first-order valence-corrected chi connectivity index (χ1v) is 10.5. The van der Waals surface area contributed by atoms with Gasteiger partial charge in [0.1, 0.15) is 12.6 Å². The largest absolute Gasteiger partial charge is 0.372 e. The predicted molar refractivity (Wildman–Crippen MR) is 103 cm³/mol. The number of benzene rings is 1. The number of carbonyl (C=O) groups excluding carboxylic acids is 1. The summed E-state index contributed by atoms with van der Waals surface area (Å²) in [4.78, 5) is 16.6. The van der Waals surface area contributed by atoms with E-state index >= 15 is 0 Å². The van der Waals surface area contributed by atoms with Crippen LogP contribution in [0.2, 0.25) is 0 Å². The van der Waals surface area contributed by atoms with Crippen molar-refractivity contribution in [3.63, 3.8) is 0 Å². The average Bonchev–Trinajstić information content (AvgIpc) is 3.33. The molecule has 0 radical (unpaired) electrons. The Balaban J connectivity index is 1.52. The number of nitrogens with two attached hydrogens (primary N) is 1. The molecule has 5 heteroatoms. The molecule has 2 aromatic rings. The minimum absolute atomic E-state index is 0.0508. The number of ether oxygens (including phenoxy) is 1. The van der Waals surface area contributed by atoms with Gasteiger partial charge in [0.2, 0.25) is 0 Å². The number of aryl methyl sites for hydroxylation is 1. The molecule has 4 rings (SSSR count). The fraction of sp³-hybridized carbons (Fsp3) is 0.476. The van der Waals surface area contributed by atoms with Crippen molar-refractivity contribution in [2.24, 2.45) is 0 Å². The highest BCUT2D eigenvalue weighted by Gasteiger charge is 2.34. The molecule has 2 atom stereocenters. The molecule has 0 aliphatic carbocycles. The maximum atomic E-state index is 13.1. The van der Waals surface area contributed by atoms with Gasteiger partial charge in [0.05, 0.1) is 6.04 Å². The first-order valence-electron chi connectivity index (χ1n) is 9.58. The van der Waals surface area contributed by atoms with Crippen molar-refractivity contribution in [1.82, 2.24) is 4.90 Å². The number of nitrogens with zero attached hydrogens (tertiary/aromatic N) is 1. The van der Waals surface area contributed by atoms with E-state index in [0.717, 1.165) is 39.0 Å². The van der Waals surface area contributed by atoms with E-state index in [-0.39, 0.29) is 11.9 Å². The van der Waals surface area contributed by atoms with Gasteiger partial charge in [-0.2, -0.15) is 0 Å². The molecule has 0 saturated carbocycles. The zero-order valence-electron chi connectivity index (χ0n) is 15.3. The lowest BCUT2D eigenvalue weighted by molar-refractivity contribution is -0.650. The Bertz CT molecular complexity index is 767. The second-order valence-electron chi connectivity index (χ2n) is 7.26. The monoisotopic (exact) mass is 371 g/mol. The average molecular weight is 372 g/mol. The molecule has 1 amide bonds. The Morgan fingerprint density at radius 1 is 1.31 bits per heavy atom. The topological polar surface area (TPSA) is 46.2 Å². The molecule has 1 saturated heterocycles. The van der Waals surface area contributed by atoms with Crippen molar-refractivity contribution < 1.29 is 14.8 Å². The Morgan fingerprint density at radius 3 is 3.00 bits per heavy atom. The van der Waals surface area contributed by atoms with E-state index < -0.39 is 0 Å². The van der Waals surface area contributed by atoms with Crippen LogP contribution in [0.25, 0.3) is 0 Å². The fourth-order valence-electron chi connectivity index (χ4n) is 4.15. The van der Waals surface area contributed by atoms with Crippen LogP contribution in [0.4, 0.5) is 0 Å². The SMILES string of the molecule is Cc1ccccc1[C@H]1c2ccsc2CCN1C(=O)C[NH2+]C[C@@H]1CCCO1. The van der Waals surface area contributed by atoms with Gasteiger partial charge in [-0.1, -0.05) is 24.3 Å². The molecule has 0 bridgehead atoms. The van der Waals surface area contributed by atoms with E-state index in [4.69, 9.17) is 4.74 Å². The van der Waals surface area contributed by atoms with E-state index in [9.17, 15) is 4.79 Å². The second-order valence-corrected chi connectivity index (χ2v) is 8.26. The lowest BCUT2D eigenvalue weighted by Crippen LogP contribution is -2.88. The van der Waals surface area contributed by atoms with E-state index in [0.29, 0.717) is 12.6 Å². The Labute approximate surface area is 159 Å². The number of hydrogen-bond donors (Lipinski definition) is 1. The second kappa shape index (κ2) is 7.91. The molecular weight excluding hydrogens is 344 g/mol. The van der Waals surface area contributed by atoms with Gasteiger partial charge < -0.3 is 15.0 Å². The van der Waals surface area contributed by atoms with Gasteiger partial charge in [-0.15, -0.1) is 11.3 Å². The van der Waals surface area contributed by atoms with Crippen LogP contribution in [-0.4, -0.2) is 43.2 Å². The minimum atomic E-state index is 0.0508. The van der Waals surface area contributed by atoms with Crippen LogP contribution in [0.15, 0.2) is 35.7 Å². The van der Waals surface area contributed by atoms with Crippen molar-refractivity contribution in [3.8, 4) is 0 Å². The molecule has 3 heterocycles. The van der Waals surface area contributed by atoms with E-state index in [2.05, 4.69) is 52.9 Å². The summed E-state index contributed by atoms with van der Waals surface area (Å²) in [6.07, 6.45) is 3.56. The van der Waals surface area contributed by atoms with Crippen molar-refractivity contribution in [2.75, 3.05) is 26.2 Å². The van der Waals surface area contributed by atoms with E-state index in [1.54, 1.807) is 0 Å². The molecule has 4 nitrogen and oxygen atoms in total. The van der Waals surface area contributed by atoms with Gasteiger partial charge in [-0.3, -0.25) is 4.79 Å². The van der Waals surface area contributed by atoms with Gasteiger partial charge in [0.25, 0.3) is 5.91 Å². The Hall–Kier alpha value is -1.69. The highest BCUT2D eigenvalue weighted by molar-refractivity contribution is 7.10. The van der Waals surface area contributed by atoms with Gasteiger partial charge in [-0.25, -0.2) is 0 Å². The van der Waals surface area contributed by atoms with Gasteiger partial charge in [0.15, 0.2) is 6.54 Å². The van der Waals surface area contributed by atoms with Crippen LogP contribution in [0.1, 0.15) is 40.5 Å². The zero-order valence-corrected chi connectivity index (χ0v) is 16.1. The maximum Gasteiger partial charge on any atom is 0.278 e. The summed E-state index contributed by atoms with van der Waals surface area (Å²) in [5.41, 5.74) is 3.81. The number of hydrogen-bond acceptors (Lipinski definition) is 3.